The van der Waals surface area contributed by atoms with E-state index in [4.69, 9.17) is 18.9 Å². The Morgan fingerprint density at radius 3 is 1.32 bits per heavy atom. The summed E-state index contributed by atoms with van der Waals surface area (Å²) in [6.07, 6.45) is 54.0. The van der Waals surface area contributed by atoms with Gasteiger partial charge in [-0.25, -0.2) is 0 Å². The summed E-state index contributed by atoms with van der Waals surface area (Å²) in [5.41, 5.74) is 0. The van der Waals surface area contributed by atoms with Crippen molar-refractivity contribution in [2.45, 2.75) is 280 Å². The van der Waals surface area contributed by atoms with E-state index in [2.05, 4.69) is 116 Å². The van der Waals surface area contributed by atoms with Gasteiger partial charge >= 0.3 is 0 Å². The Hall–Kier alpha value is -3.35. The number of hydrogen-bond donors (Lipinski definition) is 9. The van der Waals surface area contributed by atoms with Gasteiger partial charge < -0.3 is 65.1 Å². The first-order valence-corrected chi connectivity index (χ1v) is 31.1. The van der Waals surface area contributed by atoms with E-state index in [0.717, 1.165) is 109 Å². The van der Waals surface area contributed by atoms with E-state index in [-0.39, 0.29) is 18.9 Å². The molecule has 0 bridgehead atoms. The fourth-order valence-corrected chi connectivity index (χ4v) is 9.48. The van der Waals surface area contributed by atoms with Gasteiger partial charge in [-0.3, -0.25) is 4.79 Å². The Bertz CT molecular complexity index is 1760. The van der Waals surface area contributed by atoms with E-state index in [9.17, 15) is 45.6 Å². The molecule has 1 amide bonds. The van der Waals surface area contributed by atoms with Gasteiger partial charge in [0.15, 0.2) is 12.6 Å². The van der Waals surface area contributed by atoms with Crippen molar-refractivity contribution in [3.63, 3.8) is 0 Å². The van der Waals surface area contributed by atoms with E-state index >= 15 is 0 Å². The number of hydrogen-bond acceptors (Lipinski definition) is 13. The fraction of sp³-hybridized carbons (Fsp3) is 0.712. The van der Waals surface area contributed by atoms with E-state index < -0.39 is 86.8 Å². The minimum absolute atomic E-state index is 0.257. The maximum Gasteiger partial charge on any atom is 0.220 e. The normalized spacial score (nSPS) is 25.0. The van der Waals surface area contributed by atoms with Crippen molar-refractivity contribution in [1.82, 2.24) is 5.32 Å². The van der Waals surface area contributed by atoms with E-state index in [1.54, 1.807) is 6.08 Å². The second-order valence-corrected chi connectivity index (χ2v) is 21.5. The lowest BCUT2D eigenvalue weighted by Gasteiger charge is -2.46. The monoisotopic (exact) mass is 1130 g/mol. The Balaban J connectivity index is 1.72. The van der Waals surface area contributed by atoms with E-state index in [1.807, 2.05) is 6.08 Å². The summed E-state index contributed by atoms with van der Waals surface area (Å²) >= 11 is 0. The third-order valence-electron chi connectivity index (χ3n) is 14.5. The minimum atomic E-state index is -1.79. The molecule has 14 nitrogen and oxygen atoms in total. The maximum atomic E-state index is 13.3. The largest absolute Gasteiger partial charge is 0.394 e. The SMILES string of the molecule is CC/C=C\C/C=C\C/C=C\C/C=C\C/C=C\C/C=C\C/C=C\C/C=C\CCCCCCCCC(=O)NC(COC1OC(CO)C(OC2OC(CO)C(O)C(O)C2O)C(O)C1O)C(O)/C=C/CCCCCCCCCCCCCCC. The van der Waals surface area contributed by atoms with Gasteiger partial charge in [0, 0.05) is 6.42 Å². The van der Waals surface area contributed by atoms with Crippen LogP contribution in [0.25, 0.3) is 0 Å². The molecule has 2 saturated heterocycles. The van der Waals surface area contributed by atoms with Gasteiger partial charge in [-0.2, -0.15) is 0 Å². The number of amides is 1. The van der Waals surface area contributed by atoms with Gasteiger partial charge in [0.1, 0.15) is 48.8 Å². The molecule has 2 rings (SSSR count). The van der Waals surface area contributed by atoms with Crippen LogP contribution in [0, 0.1) is 0 Å². The van der Waals surface area contributed by atoms with Crippen LogP contribution in [-0.4, -0.2) is 140 Å². The van der Waals surface area contributed by atoms with Crippen molar-refractivity contribution in [3.8, 4) is 0 Å². The summed E-state index contributed by atoms with van der Waals surface area (Å²) in [6, 6.07) is -0.930. The minimum Gasteiger partial charge on any atom is -0.394 e. The molecule has 0 saturated carbocycles. The quantitative estimate of drug-likeness (QED) is 0.0204. The lowest BCUT2D eigenvalue weighted by molar-refractivity contribution is -0.359. The number of carbonyl (C=O) groups excluding carboxylic acids is 1. The number of allylic oxidation sites excluding steroid dienone is 17. The molecule has 0 aromatic rings. The molecule has 9 N–H and O–H groups in total. The number of carbonyl (C=O) groups is 1. The summed E-state index contributed by atoms with van der Waals surface area (Å²) in [5, 5.41) is 87.1. The number of unbranched alkanes of at least 4 members (excludes halogenated alkanes) is 19. The lowest BCUT2D eigenvalue weighted by atomic mass is 9.97. The van der Waals surface area contributed by atoms with Crippen molar-refractivity contribution in [1.29, 1.82) is 0 Å². The Kier molecular flexibility index (Phi) is 45.6. The molecule has 2 heterocycles. The van der Waals surface area contributed by atoms with Crippen molar-refractivity contribution in [2.75, 3.05) is 19.8 Å². The van der Waals surface area contributed by atoms with E-state index in [0.29, 0.717) is 6.42 Å². The van der Waals surface area contributed by atoms with Crippen LogP contribution in [0.1, 0.15) is 206 Å². The van der Waals surface area contributed by atoms with Crippen LogP contribution in [0.5, 0.6) is 0 Å². The topological polar surface area (TPSA) is 228 Å². The first-order chi connectivity index (χ1) is 39.1. The number of ether oxygens (including phenoxy) is 4. The smallest absolute Gasteiger partial charge is 0.220 e. The molecule has 12 unspecified atom stereocenters. The predicted octanol–water partition coefficient (Wildman–Crippen LogP) is 11.2. The Morgan fingerprint density at radius 2 is 0.863 bits per heavy atom. The molecule has 2 aliphatic heterocycles. The van der Waals surface area contributed by atoms with Gasteiger partial charge in [0.2, 0.25) is 5.91 Å². The predicted molar refractivity (Wildman–Crippen MR) is 322 cm³/mol. The van der Waals surface area contributed by atoms with Crippen molar-refractivity contribution >= 4 is 5.91 Å². The van der Waals surface area contributed by atoms with Crippen LogP contribution < -0.4 is 5.32 Å². The lowest BCUT2D eigenvalue weighted by Crippen LogP contribution is -2.65. The van der Waals surface area contributed by atoms with Gasteiger partial charge in [-0.1, -0.05) is 226 Å². The molecular weight excluding hydrogens is 1010 g/mol. The standard InChI is InChI=1S/C66H111NO13/c1-3-5-7-9-11-13-15-17-19-20-21-22-23-24-25-26-27-28-29-30-31-32-33-34-36-38-40-42-44-46-48-50-58(71)67-54(55(70)49-47-45-43-41-39-37-35-18-16-14-12-10-8-6-4-2)53-77-65-63(76)61(74)64(57(52-69)79-65)80-66-62(75)60(73)59(72)56(51-68)78-66/h5,7,11,13,17,19,21-22,24-25,27-28,30-31,33-34,47,49,54-57,59-66,68-70,72-76H,3-4,6,8-10,12,14-16,18,20,23,26,29,32,35-46,48,50-53H2,1-2H3,(H,67,71)/b7-5-,13-11-,19-17-,22-21-,25-24-,28-27-,31-30-,34-33-,49-47+. The first-order valence-electron chi connectivity index (χ1n) is 31.1. The van der Waals surface area contributed by atoms with Crippen molar-refractivity contribution in [2.24, 2.45) is 0 Å². The zero-order chi connectivity index (χ0) is 58.1. The summed E-state index contributed by atoms with van der Waals surface area (Å²) < 4.78 is 22.8. The first kappa shape index (κ1) is 72.8. The van der Waals surface area contributed by atoms with Crippen LogP contribution in [0.15, 0.2) is 109 Å². The molecule has 80 heavy (non-hydrogen) atoms. The molecule has 14 heteroatoms. The number of aliphatic hydroxyl groups is 8. The highest BCUT2D eigenvalue weighted by molar-refractivity contribution is 5.76. The van der Waals surface area contributed by atoms with Crippen LogP contribution in [0.3, 0.4) is 0 Å². The maximum absolute atomic E-state index is 13.3. The molecule has 458 valence electrons. The summed E-state index contributed by atoms with van der Waals surface area (Å²) in [6.45, 7) is 2.66. The molecule has 12 atom stereocenters. The third-order valence-corrected chi connectivity index (χ3v) is 14.5. The average Bonchev–Trinajstić information content (AvgIpc) is 3.46. The highest BCUT2D eigenvalue weighted by Crippen LogP contribution is 2.30. The van der Waals surface area contributed by atoms with Crippen molar-refractivity contribution < 1.29 is 64.6 Å². The number of aliphatic hydroxyl groups excluding tert-OH is 8. The number of rotatable bonds is 48. The Labute approximate surface area is 483 Å². The average molecular weight is 1130 g/mol. The highest BCUT2D eigenvalue weighted by atomic mass is 16.7. The third kappa shape index (κ3) is 34.9. The fourth-order valence-electron chi connectivity index (χ4n) is 9.48. The second kappa shape index (κ2) is 50.2. The van der Waals surface area contributed by atoms with Crippen LogP contribution in [-0.2, 0) is 23.7 Å². The number of nitrogens with one attached hydrogen (secondary N) is 1. The second-order valence-electron chi connectivity index (χ2n) is 21.5. The molecular formula is C66H111NO13. The molecule has 0 aliphatic carbocycles. The molecule has 0 aromatic carbocycles. The van der Waals surface area contributed by atoms with Gasteiger partial charge in [-0.05, 0) is 83.5 Å². The molecule has 0 aromatic heterocycles. The molecule has 0 spiro atoms. The molecule has 0 radical (unpaired) electrons. The van der Waals surface area contributed by atoms with Crippen LogP contribution >= 0.6 is 0 Å². The summed E-state index contributed by atoms with van der Waals surface area (Å²) in [4.78, 5) is 13.3. The zero-order valence-corrected chi connectivity index (χ0v) is 49.3. The van der Waals surface area contributed by atoms with E-state index in [1.165, 1.54) is 70.6 Å². The molecule has 2 fully saturated rings. The van der Waals surface area contributed by atoms with Crippen LogP contribution in [0.4, 0.5) is 0 Å². The zero-order valence-electron chi connectivity index (χ0n) is 49.3. The highest BCUT2D eigenvalue weighted by Gasteiger charge is 2.51. The Morgan fingerprint density at radius 1 is 0.463 bits per heavy atom. The summed E-state index contributed by atoms with van der Waals surface area (Å²) in [5.74, 6) is -0.259. The van der Waals surface area contributed by atoms with Gasteiger partial charge in [0.05, 0.1) is 32.0 Å². The van der Waals surface area contributed by atoms with Crippen LogP contribution in [0.2, 0.25) is 0 Å². The molecule has 2 aliphatic rings. The summed E-state index contributed by atoms with van der Waals surface area (Å²) in [7, 11) is 0. The van der Waals surface area contributed by atoms with Gasteiger partial charge in [0.25, 0.3) is 0 Å². The van der Waals surface area contributed by atoms with Gasteiger partial charge in [-0.15, -0.1) is 0 Å². The van der Waals surface area contributed by atoms with Crippen molar-refractivity contribution in [3.05, 3.63) is 109 Å².